The smallest absolute Gasteiger partial charge is 0.326 e. The minimum absolute atomic E-state index is 0.0144. The molecule has 73 heavy (non-hydrogen) atoms. The van der Waals surface area contributed by atoms with Gasteiger partial charge in [0.05, 0.1) is 6.04 Å². The highest BCUT2D eigenvalue weighted by Crippen LogP contribution is 2.26. The zero-order valence-corrected chi connectivity index (χ0v) is 42.0. The molecule has 1 aromatic heterocycles. The molecule has 0 bridgehead atoms. The summed E-state index contributed by atoms with van der Waals surface area (Å²) in [5.41, 5.74) is 19.2. The number of carboxylic acids is 2. The third-order valence-corrected chi connectivity index (χ3v) is 14.6. The summed E-state index contributed by atoms with van der Waals surface area (Å²) < 4.78 is 0. The Morgan fingerprint density at radius 1 is 0.849 bits per heavy atom. The second-order valence-electron chi connectivity index (χ2n) is 18.1. The molecular formula is C47H64N12O12S2. The van der Waals surface area contributed by atoms with Crippen molar-refractivity contribution >= 4 is 91.7 Å². The quantitative estimate of drug-likeness (QED) is 0.0294. The topological polar surface area (TPSA) is 396 Å². The summed E-state index contributed by atoms with van der Waals surface area (Å²) in [6.07, 6.45) is 1.17. The number of nitrogens with one attached hydrogen (secondary N) is 7. The van der Waals surface area contributed by atoms with Gasteiger partial charge in [-0.15, -0.1) is 0 Å². The maximum absolute atomic E-state index is 14.6. The van der Waals surface area contributed by atoms with Gasteiger partial charge in [-0.1, -0.05) is 65.8 Å². The van der Waals surface area contributed by atoms with Gasteiger partial charge < -0.3 is 74.3 Å². The van der Waals surface area contributed by atoms with Crippen molar-refractivity contribution in [3.63, 3.8) is 0 Å². The normalized spacial score (nSPS) is 21.3. The van der Waals surface area contributed by atoms with Gasteiger partial charge in [-0.3, -0.25) is 43.3 Å². The van der Waals surface area contributed by atoms with Crippen molar-refractivity contribution in [1.29, 1.82) is 0 Å². The van der Waals surface area contributed by atoms with Crippen LogP contribution in [-0.2, 0) is 56.0 Å². The minimum atomic E-state index is -1.56. The summed E-state index contributed by atoms with van der Waals surface area (Å²) in [6.45, 7) is 3.32. The number of H-pyrrole nitrogens is 1. The van der Waals surface area contributed by atoms with Crippen molar-refractivity contribution in [1.82, 2.24) is 41.8 Å². The summed E-state index contributed by atoms with van der Waals surface area (Å²) >= 11 is 0. The second-order valence-corrected chi connectivity index (χ2v) is 20.6. The number of hydrogen-bond donors (Lipinski definition) is 13. The van der Waals surface area contributed by atoms with Gasteiger partial charge in [0.15, 0.2) is 5.96 Å². The van der Waals surface area contributed by atoms with Gasteiger partial charge in [0.1, 0.15) is 48.0 Å². The number of carbonyl (C=O) groups excluding carboxylic acids is 7. The van der Waals surface area contributed by atoms with Gasteiger partial charge in [-0.25, -0.2) is 4.79 Å². The standard InChI is InChI=1S/C47H64N12O12S2/c1-24(2)38(46(70)71)58-40(64)31(15-16-37(61)62)53-42(66)34(20-26-21-52-30-8-4-3-7-28(26)30)56-43(67)35-23-73-72-22-29(48)39(63)55-33(19-25-11-13-27(60)14-12-25)41(65)54-32(9-5-17-51-47(49)50)45(69)59-18-6-10-36(59)44(68)57-35/h3-4,7-8,11-14,21,24,29,31-36,38,52,60H,5-6,9-10,15-20,22-23,48H2,1-2H3,(H,53,66)(H,54,65)(H,55,63)(H,56,67)(H,57,68)(H,58,64)(H,61,62)(H,70,71)(H4,49,50,51)/t29-,31-,32+,33-,34-,35-,36-,38-/m1/s1. The van der Waals surface area contributed by atoms with E-state index in [1.807, 2.05) is 0 Å². The summed E-state index contributed by atoms with van der Waals surface area (Å²) in [5.74, 6) is -9.18. The fourth-order valence-corrected chi connectivity index (χ4v) is 10.5. The molecule has 0 spiro atoms. The van der Waals surface area contributed by atoms with Gasteiger partial charge in [0.2, 0.25) is 41.4 Å². The number of hydrogen-bond acceptors (Lipinski definition) is 14. The number of nitrogens with two attached hydrogens (primary N) is 3. The first-order chi connectivity index (χ1) is 34.7. The molecule has 2 aliphatic rings. The van der Waals surface area contributed by atoms with Crippen LogP contribution in [0.3, 0.4) is 0 Å². The van der Waals surface area contributed by atoms with Crippen LogP contribution in [0.4, 0.5) is 0 Å². The number of aliphatic carboxylic acids is 2. The van der Waals surface area contributed by atoms with Gasteiger partial charge in [-0.05, 0) is 67.3 Å². The number of para-hydroxylation sites is 1. The number of nitrogens with zero attached hydrogens (tertiary/aromatic N) is 2. The van der Waals surface area contributed by atoms with Crippen molar-refractivity contribution in [2.75, 3.05) is 24.6 Å². The van der Waals surface area contributed by atoms with Gasteiger partial charge in [0, 0.05) is 61.0 Å². The van der Waals surface area contributed by atoms with E-state index in [4.69, 9.17) is 17.2 Å². The van der Waals surface area contributed by atoms with Crippen LogP contribution in [0.2, 0.25) is 0 Å². The number of amides is 7. The number of phenols is 1. The Bertz CT molecular complexity index is 2510. The van der Waals surface area contributed by atoms with E-state index in [9.17, 15) is 58.5 Å². The number of carbonyl (C=O) groups is 9. The third kappa shape index (κ3) is 16.7. The number of guanidine groups is 1. The molecule has 24 nitrogen and oxygen atoms in total. The van der Waals surface area contributed by atoms with Crippen LogP contribution in [0.1, 0.15) is 63.5 Å². The number of aromatic nitrogens is 1. The lowest BCUT2D eigenvalue weighted by Gasteiger charge is -2.31. The molecule has 16 N–H and O–H groups in total. The first-order valence-electron chi connectivity index (χ1n) is 23.7. The second kappa shape index (κ2) is 27.1. The highest BCUT2D eigenvalue weighted by Gasteiger charge is 2.41. The molecule has 0 unspecified atom stereocenters. The average Bonchev–Trinajstić information content (AvgIpc) is 4.01. The van der Waals surface area contributed by atoms with E-state index in [0.717, 1.165) is 21.6 Å². The number of carboxylic acid groups (broad SMARTS) is 2. The Hall–Kier alpha value is -7.06. The lowest BCUT2D eigenvalue weighted by atomic mass is 10.0. The molecule has 2 saturated heterocycles. The number of rotatable bonds is 19. The molecule has 8 atom stereocenters. The average molecular weight is 1050 g/mol. The van der Waals surface area contributed by atoms with Crippen LogP contribution in [-0.4, -0.2) is 157 Å². The maximum Gasteiger partial charge on any atom is 0.326 e. The molecule has 26 heteroatoms. The Kier molecular flexibility index (Phi) is 21.1. The minimum Gasteiger partial charge on any atom is -0.508 e. The van der Waals surface area contributed by atoms with Crippen molar-refractivity contribution < 1.29 is 58.5 Å². The maximum atomic E-state index is 14.6. The van der Waals surface area contributed by atoms with Crippen LogP contribution in [0.15, 0.2) is 59.7 Å². The van der Waals surface area contributed by atoms with Crippen LogP contribution in [0, 0.1) is 5.92 Å². The molecule has 0 saturated carbocycles. The zero-order chi connectivity index (χ0) is 53.4. The van der Waals surface area contributed by atoms with E-state index >= 15 is 0 Å². The molecule has 5 rings (SSSR count). The van der Waals surface area contributed by atoms with Crippen LogP contribution < -0.4 is 49.1 Å². The van der Waals surface area contributed by atoms with Crippen molar-refractivity contribution in [3.8, 4) is 5.75 Å². The monoisotopic (exact) mass is 1050 g/mol. The van der Waals surface area contributed by atoms with Gasteiger partial charge in [0.25, 0.3) is 0 Å². The van der Waals surface area contributed by atoms with Crippen LogP contribution >= 0.6 is 21.6 Å². The third-order valence-electron chi connectivity index (χ3n) is 12.2. The number of benzene rings is 2. The predicted octanol–water partition coefficient (Wildman–Crippen LogP) is -1.06. The fourth-order valence-electron chi connectivity index (χ4n) is 8.23. The molecular weight excluding hydrogens is 989 g/mol. The highest BCUT2D eigenvalue weighted by atomic mass is 33.1. The number of fused-ring (bicyclic) bond motifs is 2. The lowest BCUT2D eigenvalue weighted by molar-refractivity contribution is -0.144. The van der Waals surface area contributed by atoms with Crippen molar-refractivity contribution in [2.45, 2.75) is 114 Å². The highest BCUT2D eigenvalue weighted by molar-refractivity contribution is 8.76. The number of aromatic amines is 1. The molecule has 0 aliphatic carbocycles. The summed E-state index contributed by atoms with van der Waals surface area (Å²) in [7, 11) is 2.15. The Morgan fingerprint density at radius 2 is 1.53 bits per heavy atom. The molecule has 396 valence electrons. The van der Waals surface area contributed by atoms with E-state index in [2.05, 4.69) is 41.9 Å². The van der Waals surface area contributed by atoms with Gasteiger partial charge >= 0.3 is 11.9 Å². The van der Waals surface area contributed by atoms with E-state index in [0.29, 0.717) is 28.5 Å². The molecule has 2 aliphatic heterocycles. The molecule has 2 fully saturated rings. The van der Waals surface area contributed by atoms with E-state index in [1.165, 1.54) is 17.0 Å². The molecule has 3 heterocycles. The number of aromatic hydroxyl groups is 1. The summed E-state index contributed by atoms with van der Waals surface area (Å²) in [6, 6.07) is 2.50. The molecule has 3 aromatic rings. The number of aliphatic imine (C=N–C) groups is 1. The molecule has 0 radical (unpaired) electrons. The predicted molar refractivity (Wildman–Crippen MR) is 272 cm³/mol. The first kappa shape index (κ1) is 56.8. The fraction of sp³-hybridized carbons (Fsp3) is 0.489. The van der Waals surface area contributed by atoms with Crippen molar-refractivity contribution in [3.05, 3.63) is 65.9 Å². The summed E-state index contributed by atoms with van der Waals surface area (Å²) in [4.78, 5) is 131. The van der Waals surface area contributed by atoms with E-state index in [-0.39, 0.29) is 68.4 Å². The molecule has 2 aromatic carbocycles. The SMILES string of the molecule is CC(C)[C@@H](NC(=O)[C@@H](CCC(=O)O)NC(=O)[C@@H](Cc1c[nH]c2ccccc12)NC(=O)[C@H]1CSSC[C@@H](N)C(=O)N[C@H](Cc2ccc(O)cc2)C(=O)N[C@@H](CCCN=C(N)N)C(=O)N2CCC[C@@H]2C(=O)N1)C(=O)O. The molecule has 7 amide bonds. The number of phenolic OH excluding ortho intramolecular Hbond substituents is 1. The van der Waals surface area contributed by atoms with Crippen molar-refractivity contribution in [2.24, 2.45) is 28.1 Å². The van der Waals surface area contributed by atoms with Crippen LogP contribution in [0.5, 0.6) is 5.75 Å². The Labute approximate surface area is 428 Å². The Balaban J connectivity index is 1.46. The Morgan fingerprint density at radius 3 is 2.22 bits per heavy atom. The first-order valence-corrected chi connectivity index (χ1v) is 26.2. The van der Waals surface area contributed by atoms with Crippen LogP contribution in [0.25, 0.3) is 10.9 Å². The largest absolute Gasteiger partial charge is 0.508 e. The van der Waals surface area contributed by atoms with E-state index in [1.54, 1.807) is 56.4 Å². The lowest BCUT2D eigenvalue weighted by Crippen LogP contribution is -2.60. The van der Waals surface area contributed by atoms with E-state index < -0.39 is 120 Å². The summed E-state index contributed by atoms with van der Waals surface area (Å²) in [5, 5.41) is 45.7. The van der Waals surface area contributed by atoms with Gasteiger partial charge in [-0.2, -0.15) is 0 Å². The zero-order valence-electron chi connectivity index (χ0n) is 40.3.